The zero-order valence-electron chi connectivity index (χ0n) is 23.7. The summed E-state index contributed by atoms with van der Waals surface area (Å²) in [5.41, 5.74) is 4.68. The Kier molecular flexibility index (Phi) is 14.9. The molecule has 4 rings (SSSR count). The molecule has 0 saturated carbocycles. The maximum atomic E-state index is 13.8. The van der Waals surface area contributed by atoms with E-state index in [1.165, 1.54) is 30.3 Å². The number of halogens is 8. The van der Waals surface area contributed by atoms with E-state index in [9.17, 15) is 30.5 Å². The first-order chi connectivity index (χ1) is 19.1. The quantitative estimate of drug-likeness (QED) is 0.136. The van der Waals surface area contributed by atoms with E-state index in [2.05, 4.69) is 23.1 Å². The number of benzene rings is 2. The molecule has 12 heteroatoms. The van der Waals surface area contributed by atoms with Crippen LogP contribution in [0.15, 0.2) is 67.7 Å². The van der Waals surface area contributed by atoms with Gasteiger partial charge in [0, 0.05) is 33.6 Å². The van der Waals surface area contributed by atoms with Crippen molar-refractivity contribution in [1.29, 1.82) is 0 Å². The number of aromatic nitrogens is 2. The van der Waals surface area contributed by atoms with Crippen molar-refractivity contribution in [3.63, 3.8) is 0 Å². The summed E-state index contributed by atoms with van der Waals surface area (Å²) in [6.07, 6.45) is 1.35. The Morgan fingerprint density at radius 3 is 1.45 bits per heavy atom. The van der Waals surface area contributed by atoms with Crippen molar-refractivity contribution in [2.75, 3.05) is 0 Å². The van der Waals surface area contributed by atoms with Gasteiger partial charge in [0.15, 0.2) is 11.0 Å². The second-order valence-electron chi connectivity index (χ2n) is 8.91. The van der Waals surface area contributed by atoms with Gasteiger partial charge in [-0.1, -0.05) is 41.4 Å². The van der Waals surface area contributed by atoms with Crippen molar-refractivity contribution < 1.29 is 81.9 Å². The summed E-state index contributed by atoms with van der Waals surface area (Å²) >= 11 is 5.56. The van der Waals surface area contributed by atoms with E-state index >= 15 is 0 Å². The molecular formula is C30H26BClF7KN2. The number of aryl methyl sites for hydroxylation is 4. The van der Waals surface area contributed by atoms with E-state index in [0.29, 0.717) is 33.6 Å². The second kappa shape index (κ2) is 16.5. The Morgan fingerprint density at radius 2 is 1.05 bits per heavy atom. The Hall–Kier alpha value is -2.28. The van der Waals surface area contributed by atoms with Gasteiger partial charge in [0.2, 0.25) is 0 Å². The SMILES string of the molecule is C=C[B-](F)(F)F.C=Cc1nc(C)c(-c2cc(C)ccc2F)cc1F.Cc1ccc(F)c(-c2cc(F)c(Cl)nc2C)c1.[K+]. The van der Waals surface area contributed by atoms with Crippen LogP contribution in [-0.2, 0) is 0 Å². The van der Waals surface area contributed by atoms with Gasteiger partial charge < -0.3 is 12.9 Å². The van der Waals surface area contributed by atoms with Crippen LogP contribution in [0.4, 0.5) is 30.5 Å². The molecular weight excluding hydrogens is 607 g/mol. The van der Waals surface area contributed by atoms with Crippen LogP contribution >= 0.6 is 11.6 Å². The summed E-state index contributed by atoms with van der Waals surface area (Å²) in [5, 5.41) is -0.195. The number of pyridine rings is 2. The Balaban J connectivity index is 0.000000347. The van der Waals surface area contributed by atoms with Crippen molar-refractivity contribution in [2.45, 2.75) is 27.7 Å². The van der Waals surface area contributed by atoms with Crippen LogP contribution in [-0.4, -0.2) is 16.9 Å². The largest absolute Gasteiger partial charge is 1.00 e. The van der Waals surface area contributed by atoms with E-state index in [4.69, 9.17) is 11.6 Å². The minimum absolute atomic E-state index is 0. The molecule has 0 aliphatic carbocycles. The molecule has 0 amide bonds. The van der Waals surface area contributed by atoms with Crippen LogP contribution in [0.2, 0.25) is 5.15 Å². The topological polar surface area (TPSA) is 25.8 Å². The average Bonchev–Trinajstić information content (AvgIpc) is 2.90. The first-order valence-electron chi connectivity index (χ1n) is 12.1. The first kappa shape index (κ1) is 37.7. The first-order valence-corrected chi connectivity index (χ1v) is 12.4. The molecule has 0 atom stereocenters. The molecule has 0 N–H and O–H groups in total. The number of hydrogen-bond acceptors (Lipinski definition) is 2. The van der Waals surface area contributed by atoms with Crippen molar-refractivity contribution in [2.24, 2.45) is 0 Å². The molecule has 0 fully saturated rings. The third kappa shape index (κ3) is 10.8. The number of nitrogens with zero attached hydrogens (tertiary/aromatic N) is 2. The van der Waals surface area contributed by atoms with E-state index in [-0.39, 0.29) is 74.0 Å². The zero-order chi connectivity index (χ0) is 31.1. The van der Waals surface area contributed by atoms with Crippen LogP contribution < -0.4 is 51.4 Å². The van der Waals surface area contributed by atoms with E-state index < -0.39 is 24.4 Å². The van der Waals surface area contributed by atoms with E-state index in [0.717, 1.165) is 11.1 Å². The van der Waals surface area contributed by atoms with Crippen molar-refractivity contribution in [3.05, 3.63) is 124 Å². The molecule has 42 heavy (non-hydrogen) atoms. The number of rotatable bonds is 4. The summed E-state index contributed by atoms with van der Waals surface area (Å²) in [6.45, 7) is 8.40. The van der Waals surface area contributed by atoms with Crippen molar-refractivity contribution in [1.82, 2.24) is 9.97 Å². The summed E-state index contributed by atoms with van der Waals surface area (Å²) in [4.78, 5) is 7.92. The minimum Gasteiger partial charge on any atom is -0.445 e. The average molecular weight is 633 g/mol. The van der Waals surface area contributed by atoms with E-state index in [1.807, 2.05) is 13.8 Å². The van der Waals surface area contributed by atoms with Crippen LogP contribution in [0, 0.1) is 51.0 Å². The van der Waals surface area contributed by atoms with Crippen molar-refractivity contribution in [3.8, 4) is 22.3 Å². The standard InChI is InChI=1S/C15H13F2N.C13H10ClF2N.C2H3BF3.K/c1-4-15-14(17)8-11(10(3)18-15)12-7-9(2)5-6-13(12)16;1-7-3-4-11(15)10(5-7)9-6-12(16)13(14)17-8(9)2;1-2-3(4,5)6;/h4-8H,1H2,2-3H3;3-6H,1-2H3;2H,1H2;/q;;-1;+1. The summed E-state index contributed by atoms with van der Waals surface area (Å²) < 4.78 is 86.7. The molecule has 0 radical (unpaired) electrons. The fourth-order valence-corrected chi connectivity index (χ4v) is 3.71. The Bertz CT molecular complexity index is 1580. The van der Waals surface area contributed by atoms with Gasteiger partial charge in [-0.25, -0.2) is 22.5 Å². The molecule has 2 aromatic heterocycles. The smallest absolute Gasteiger partial charge is 0.445 e. The van der Waals surface area contributed by atoms with Gasteiger partial charge in [-0.05, 0) is 70.2 Å². The second-order valence-corrected chi connectivity index (χ2v) is 9.27. The maximum absolute atomic E-state index is 13.8. The van der Waals surface area contributed by atoms with Gasteiger partial charge in [-0.3, -0.25) is 4.98 Å². The molecule has 0 aliphatic heterocycles. The van der Waals surface area contributed by atoms with Crippen LogP contribution in [0.3, 0.4) is 0 Å². The maximum Gasteiger partial charge on any atom is 1.00 e. The molecule has 2 aromatic carbocycles. The molecule has 2 nitrogen and oxygen atoms in total. The third-order valence-corrected chi connectivity index (χ3v) is 5.87. The predicted octanol–water partition coefficient (Wildman–Crippen LogP) is 7.15. The van der Waals surface area contributed by atoms with Gasteiger partial charge in [-0.15, -0.1) is 6.58 Å². The van der Waals surface area contributed by atoms with Crippen LogP contribution in [0.25, 0.3) is 28.3 Å². The minimum atomic E-state index is -4.72. The summed E-state index contributed by atoms with van der Waals surface area (Å²) in [5.74, 6) is -1.92. The van der Waals surface area contributed by atoms with Gasteiger partial charge in [0.05, 0.1) is 5.69 Å². The molecule has 0 unspecified atom stereocenters. The van der Waals surface area contributed by atoms with Gasteiger partial charge in [-0.2, -0.15) is 5.98 Å². The van der Waals surface area contributed by atoms with Crippen LogP contribution in [0.5, 0.6) is 0 Å². The van der Waals surface area contributed by atoms with Gasteiger partial charge in [0.1, 0.15) is 17.5 Å². The normalized spacial score (nSPS) is 10.4. The Labute approximate surface area is 288 Å². The molecule has 0 bridgehead atoms. The van der Waals surface area contributed by atoms with Crippen molar-refractivity contribution >= 4 is 24.7 Å². The van der Waals surface area contributed by atoms with Gasteiger partial charge >= 0.3 is 58.4 Å². The van der Waals surface area contributed by atoms with Gasteiger partial charge in [0.25, 0.3) is 0 Å². The molecule has 0 spiro atoms. The Morgan fingerprint density at radius 1 is 0.643 bits per heavy atom. The summed E-state index contributed by atoms with van der Waals surface area (Å²) in [6, 6.07) is 11.9. The fraction of sp³-hybridized carbons (Fsp3) is 0.133. The fourth-order valence-electron chi connectivity index (χ4n) is 3.53. The van der Waals surface area contributed by atoms with E-state index in [1.54, 1.807) is 38.1 Å². The molecule has 0 aliphatic rings. The third-order valence-electron chi connectivity index (χ3n) is 5.60. The monoisotopic (exact) mass is 632 g/mol. The molecule has 216 valence electrons. The van der Waals surface area contributed by atoms with Crippen LogP contribution in [0.1, 0.15) is 28.2 Å². The molecule has 4 aromatic rings. The molecule has 0 saturated heterocycles. The summed E-state index contributed by atoms with van der Waals surface area (Å²) in [7, 11) is 0. The zero-order valence-corrected chi connectivity index (χ0v) is 27.6. The predicted molar refractivity (Wildman–Crippen MR) is 153 cm³/mol. The number of hydrogen-bond donors (Lipinski definition) is 0. The molecule has 2 heterocycles.